The van der Waals surface area contributed by atoms with Gasteiger partial charge < -0.3 is 20.0 Å². The summed E-state index contributed by atoms with van der Waals surface area (Å²) in [7, 11) is 2.15. The Hall–Kier alpha value is -1.82. The van der Waals surface area contributed by atoms with Crippen molar-refractivity contribution in [1.29, 1.82) is 0 Å². The van der Waals surface area contributed by atoms with E-state index in [4.69, 9.17) is 0 Å². The number of anilines is 1. The number of nitrogens with zero attached hydrogens (tertiary/aromatic N) is 4. The van der Waals surface area contributed by atoms with Gasteiger partial charge in [0, 0.05) is 57.6 Å². The van der Waals surface area contributed by atoms with Crippen LogP contribution in [0.15, 0.2) is 18.3 Å². The summed E-state index contributed by atoms with van der Waals surface area (Å²) in [5.41, 5.74) is 1.10. The summed E-state index contributed by atoms with van der Waals surface area (Å²) in [6.45, 7) is 6.38. The van der Waals surface area contributed by atoms with E-state index in [-0.39, 0.29) is 6.03 Å². The predicted molar refractivity (Wildman–Crippen MR) is 87.0 cm³/mol. The van der Waals surface area contributed by atoms with E-state index >= 15 is 0 Å². The van der Waals surface area contributed by atoms with Gasteiger partial charge in [-0.3, -0.25) is 0 Å². The average molecular weight is 303 g/mol. The fourth-order valence-corrected chi connectivity index (χ4v) is 3.07. The third kappa shape index (κ3) is 3.50. The summed E-state index contributed by atoms with van der Waals surface area (Å²) in [5.74, 6) is 1.01. The number of nitrogens with one attached hydrogen (secondary N) is 1. The largest absolute Gasteiger partial charge is 0.354 e. The van der Waals surface area contributed by atoms with Crippen LogP contribution in [0.3, 0.4) is 0 Å². The van der Waals surface area contributed by atoms with E-state index < -0.39 is 0 Å². The summed E-state index contributed by atoms with van der Waals surface area (Å²) in [4.78, 5) is 23.2. The Labute approximate surface area is 132 Å². The molecule has 0 aliphatic carbocycles. The smallest absolute Gasteiger partial charge is 0.317 e. The number of hydrogen-bond donors (Lipinski definition) is 1. The zero-order chi connectivity index (χ0) is 15.4. The lowest BCUT2D eigenvalue weighted by atomic mass is 10.2. The highest BCUT2D eigenvalue weighted by Crippen LogP contribution is 2.18. The summed E-state index contributed by atoms with van der Waals surface area (Å²) in [6, 6.07) is 4.05. The molecule has 2 fully saturated rings. The summed E-state index contributed by atoms with van der Waals surface area (Å²) in [6.07, 6.45) is 4.07. The Morgan fingerprint density at radius 2 is 1.91 bits per heavy atom. The van der Waals surface area contributed by atoms with Gasteiger partial charge in [-0.15, -0.1) is 0 Å². The van der Waals surface area contributed by atoms with Crippen molar-refractivity contribution in [3.63, 3.8) is 0 Å². The summed E-state index contributed by atoms with van der Waals surface area (Å²) < 4.78 is 0. The number of amides is 2. The van der Waals surface area contributed by atoms with E-state index in [2.05, 4.69) is 33.2 Å². The minimum absolute atomic E-state index is 0.0469. The van der Waals surface area contributed by atoms with Crippen molar-refractivity contribution in [1.82, 2.24) is 20.1 Å². The molecule has 2 aliphatic rings. The monoisotopic (exact) mass is 303 g/mol. The van der Waals surface area contributed by atoms with Gasteiger partial charge in [-0.1, -0.05) is 6.07 Å². The van der Waals surface area contributed by atoms with Crippen molar-refractivity contribution in [2.24, 2.45) is 0 Å². The summed E-state index contributed by atoms with van der Waals surface area (Å²) >= 11 is 0. The van der Waals surface area contributed by atoms with Crippen molar-refractivity contribution < 1.29 is 4.79 Å². The number of likely N-dealkylation sites (N-methyl/N-ethyl adjacent to an activating group) is 1. The molecule has 1 N–H and O–H groups in total. The van der Waals surface area contributed by atoms with Gasteiger partial charge in [0.2, 0.25) is 0 Å². The van der Waals surface area contributed by atoms with Gasteiger partial charge in [-0.2, -0.15) is 0 Å². The van der Waals surface area contributed by atoms with Crippen LogP contribution in [0.2, 0.25) is 0 Å². The van der Waals surface area contributed by atoms with Crippen molar-refractivity contribution in [3.8, 4) is 0 Å². The highest BCUT2D eigenvalue weighted by Gasteiger charge is 2.20. The molecule has 1 aromatic heterocycles. The van der Waals surface area contributed by atoms with E-state index in [0.717, 1.165) is 63.5 Å². The lowest BCUT2D eigenvalue weighted by molar-refractivity contribution is 0.208. The first-order valence-corrected chi connectivity index (χ1v) is 8.14. The van der Waals surface area contributed by atoms with Gasteiger partial charge in [-0.25, -0.2) is 9.78 Å². The first kappa shape index (κ1) is 15.1. The average Bonchev–Trinajstić information content (AvgIpc) is 3.08. The topological polar surface area (TPSA) is 51.7 Å². The Balaban J connectivity index is 1.62. The minimum Gasteiger partial charge on any atom is -0.354 e. The molecule has 0 atom stereocenters. The second-order valence-electron chi connectivity index (χ2n) is 6.13. The number of hydrogen-bond acceptors (Lipinski definition) is 4. The van der Waals surface area contributed by atoms with Crippen molar-refractivity contribution in [2.75, 3.05) is 51.2 Å². The number of rotatable bonds is 3. The van der Waals surface area contributed by atoms with Crippen molar-refractivity contribution in [2.45, 2.75) is 19.4 Å². The van der Waals surface area contributed by atoms with Crippen LogP contribution >= 0.6 is 0 Å². The lowest BCUT2D eigenvalue weighted by Gasteiger charge is -2.34. The molecule has 120 valence electrons. The molecule has 0 bridgehead atoms. The number of pyridine rings is 1. The zero-order valence-electron chi connectivity index (χ0n) is 13.3. The fraction of sp³-hybridized carbons (Fsp3) is 0.625. The highest BCUT2D eigenvalue weighted by atomic mass is 16.2. The van der Waals surface area contributed by atoms with Crippen LogP contribution in [0.5, 0.6) is 0 Å². The molecule has 6 heteroatoms. The number of aromatic nitrogens is 1. The number of carbonyl (C=O) groups excluding carboxylic acids is 1. The molecule has 0 spiro atoms. The Bertz CT molecular complexity index is 507. The normalized spacial score (nSPS) is 19.5. The van der Waals surface area contributed by atoms with Crippen molar-refractivity contribution >= 4 is 11.8 Å². The number of likely N-dealkylation sites (tertiary alicyclic amines) is 1. The second-order valence-corrected chi connectivity index (χ2v) is 6.13. The maximum atomic E-state index is 12.1. The van der Waals surface area contributed by atoms with E-state index in [1.54, 1.807) is 0 Å². The van der Waals surface area contributed by atoms with Crippen molar-refractivity contribution in [3.05, 3.63) is 23.9 Å². The molecule has 3 heterocycles. The SMILES string of the molecule is CN1CCN(c2ncccc2CNC(=O)N2CCCC2)CC1. The molecular weight excluding hydrogens is 278 g/mol. The molecule has 1 aromatic rings. The van der Waals surface area contributed by atoms with Crippen LogP contribution in [0, 0.1) is 0 Å². The predicted octanol–water partition coefficient (Wildman–Crippen LogP) is 1.14. The Morgan fingerprint density at radius 3 is 2.64 bits per heavy atom. The van der Waals surface area contributed by atoms with Gasteiger partial charge in [0.05, 0.1) is 0 Å². The van der Waals surface area contributed by atoms with E-state index in [1.807, 2.05) is 17.2 Å². The first-order valence-electron chi connectivity index (χ1n) is 8.14. The molecule has 6 nitrogen and oxygen atoms in total. The van der Waals surface area contributed by atoms with Crippen LogP contribution in [-0.4, -0.2) is 67.1 Å². The Kier molecular flexibility index (Phi) is 4.77. The van der Waals surface area contributed by atoms with Gasteiger partial charge in [0.25, 0.3) is 0 Å². The van der Waals surface area contributed by atoms with E-state index in [1.165, 1.54) is 0 Å². The highest BCUT2D eigenvalue weighted by molar-refractivity contribution is 5.74. The third-order valence-corrected chi connectivity index (χ3v) is 4.49. The van der Waals surface area contributed by atoms with E-state index in [0.29, 0.717) is 6.54 Å². The van der Waals surface area contributed by atoms with Crippen LogP contribution < -0.4 is 10.2 Å². The van der Waals surface area contributed by atoms with Gasteiger partial charge in [0.1, 0.15) is 5.82 Å². The minimum atomic E-state index is 0.0469. The molecule has 22 heavy (non-hydrogen) atoms. The molecular formula is C16H25N5O. The number of piperazine rings is 1. The molecule has 0 unspecified atom stereocenters. The number of urea groups is 1. The van der Waals surface area contributed by atoms with Crippen LogP contribution in [0.4, 0.5) is 10.6 Å². The molecule has 0 radical (unpaired) electrons. The van der Waals surface area contributed by atoms with E-state index in [9.17, 15) is 4.79 Å². The maximum Gasteiger partial charge on any atom is 0.317 e. The summed E-state index contributed by atoms with van der Waals surface area (Å²) in [5, 5.41) is 3.04. The maximum absolute atomic E-state index is 12.1. The fourth-order valence-electron chi connectivity index (χ4n) is 3.07. The second kappa shape index (κ2) is 6.96. The van der Waals surface area contributed by atoms with Crippen LogP contribution in [-0.2, 0) is 6.54 Å². The third-order valence-electron chi connectivity index (χ3n) is 4.49. The standard InChI is InChI=1S/C16H25N5O/c1-19-9-11-20(12-10-19)15-14(5-4-6-17-15)13-18-16(22)21-7-2-3-8-21/h4-6H,2-3,7-13H2,1H3,(H,18,22). The van der Waals surface area contributed by atoms with Gasteiger partial charge in [-0.05, 0) is 26.0 Å². The molecule has 0 saturated carbocycles. The quantitative estimate of drug-likeness (QED) is 0.910. The zero-order valence-corrected chi connectivity index (χ0v) is 13.3. The van der Waals surface area contributed by atoms with Crippen LogP contribution in [0.1, 0.15) is 18.4 Å². The van der Waals surface area contributed by atoms with Gasteiger partial charge in [0.15, 0.2) is 0 Å². The first-order chi connectivity index (χ1) is 10.7. The molecule has 2 saturated heterocycles. The molecule has 0 aromatic carbocycles. The lowest BCUT2D eigenvalue weighted by Crippen LogP contribution is -2.45. The molecule has 2 aliphatic heterocycles. The van der Waals surface area contributed by atoms with Crippen LogP contribution in [0.25, 0.3) is 0 Å². The number of carbonyl (C=O) groups is 1. The Morgan fingerprint density at radius 1 is 1.18 bits per heavy atom. The molecule has 2 amide bonds. The molecule has 3 rings (SSSR count). The van der Waals surface area contributed by atoms with Gasteiger partial charge >= 0.3 is 6.03 Å².